The van der Waals surface area contributed by atoms with Crippen molar-refractivity contribution < 1.29 is 29.3 Å². The number of carbonyl (C=O) groups is 2. The largest absolute Gasteiger partial charge is 0.496 e. The minimum atomic E-state index is -0.250. The Balaban J connectivity index is 0.000000819. The van der Waals surface area contributed by atoms with Gasteiger partial charge in [-0.05, 0) is 37.7 Å². The highest BCUT2D eigenvalue weighted by Crippen LogP contribution is 2.34. The van der Waals surface area contributed by atoms with Gasteiger partial charge >= 0.3 is 0 Å². The molecule has 182 valence electrons. The second-order valence-corrected chi connectivity index (χ2v) is 7.40. The number of anilines is 1. The maximum absolute atomic E-state index is 8.36. The van der Waals surface area contributed by atoms with Gasteiger partial charge in [0.2, 0.25) is 0 Å². The Morgan fingerprint density at radius 3 is 2.42 bits per heavy atom. The first kappa shape index (κ1) is 27.8. The summed E-state index contributed by atoms with van der Waals surface area (Å²) in [6, 6.07) is 8.74. The molecule has 1 saturated heterocycles. The summed E-state index contributed by atoms with van der Waals surface area (Å²) < 4.78 is 11.0. The number of rotatable bonds is 7. The zero-order chi connectivity index (χ0) is 24.6. The van der Waals surface area contributed by atoms with Gasteiger partial charge in [0.1, 0.15) is 5.75 Å². The summed E-state index contributed by atoms with van der Waals surface area (Å²) in [6.45, 7) is 7.38. The van der Waals surface area contributed by atoms with Gasteiger partial charge in [0.25, 0.3) is 12.9 Å². The van der Waals surface area contributed by atoms with Crippen LogP contribution in [0, 0.1) is 0 Å². The van der Waals surface area contributed by atoms with E-state index >= 15 is 0 Å². The standard InChI is InChI=1S/C21H30N4O2.2CH2O2/c1-16(25-8-10-27-11-9-25)14-24(2)15-17-4-5-21(26-3)19(12-17)18-6-7-23-13-20(18)22;2*2-1-3/h4-7,12-13,16H,8-11,14-15,22H2,1-3H3;2*1H,(H,2,3). The van der Waals surface area contributed by atoms with Crippen LogP contribution in [-0.2, 0) is 20.9 Å². The maximum Gasteiger partial charge on any atom is 0.290 e. The topological polar surface area (TPSA) is 138 Å². The first-order valence-electron chi connectivity index (χ1n) is 10.4. The summed E-state index contributed by atoms with van der Waals surface area (Å²) in [4.78, 5) is 25.7. The van der Waals surface area contributed by atoms with Gasteiger partial charge < -0.3 is 30.3 Å². The summed E-state index contributed by atoms with van der Waals surface area (Å²) in [5, 5.41) is 13.8. The van der Waals surface area contributed by atoms with E-state index in [0.29, 0.717) is 11.7 Å². The summed E-state index contributed by atoms with van der Waals surface area (Å²) in [5.74, 6) is 0.820. The van der Waals surface area contributed by atoms with Crippen LogP contribution in [0.3, 0.4) is 0 Å². The molecule has 3 rings (SSSR count). The molecule has 10 heteroatoms. The number of likely N-dealkylation sites (N-methyl/N-ethyl adjacent to an activating group) is 1. The number of nitrogens with two attached hydrogens (primary N) is 1. The van der Waals surface area contributed by atoms with Crippen molar-refractivity contribution in [3.8, 4) is 16.9 Å². The molecular weight excluding hydrogens is 428 g/mol. The number of nitrogen functional groups attached to an aromatic ring is 1. The molecule has 0 radical (unpaired) electrons. The van der Waals surface area contributed by atoms with Crippen LogP contribution >= 0.6 is 0 Å². The van der Waals surface area contributed by atoms with Gasteiger partial charge in [-0.15, -0.1) is 0 Å². The van der Waals surface area contributed by atoms with Crippen molar-refractivity contribution in [2.45, 2.75) is 19.5 Å². The third-order valence-corrected chi connectivity index (χ3v) is 5.10. The Kier molecular flexibility index (Phi) is 13.1. The van der Waals surface area contributed by atoms with E-state index in [-0.39, 0.29) is 12.9 Å². The van der Waals surface area contributed by atoms with Gasteiger partial charge in [-0.3, -0.25) is 19.5 Å². The molecule has 1 aliphatic rings. The molecule has 1 fully saturated rings. The predicted octanol–water partition coefficient (Wildman–Crippen LogP) is 1.89. The van der Waals surface area contributed by atoms with Crippen molar-refractivity contribution in [3.05, 3.63) is 42.2 Å². The number of aromatic nitrogens is 1. The van der Waals surface area contributed by atoms with Crippen molar-refractivity contribution in [3.63, 3.8) is 0 Å². The van der Waals surface area contributed by atoms with E-state index in [1.807, 2.05) is 12.1 Å². The lowest BCUT2D eigenvalue weighted by Crippen LogP contribution is -2.46. The van der Waals surface area contributed by atoms with E-state index in [2.05, 4.69) is 40.9 Å². The SMILES string of the molecule is COc1ccc(CN(C)CC(C)N2CCOCC2)cc1-c1ccncc1N.O=CO.O=CO. The molecule has 0 bridgehead atoms. The molecule has 4 N–H and O–H groups in total. The average Bonchev–Trinajstić information content (AvgIpc) is 2.81. The third-order valence-electron chi connectivity index (χ3n) is 5.10. The molecule has 0 amide bonds. The average molecular weight is 463 g/mol. The molecule has 1 aromatic carbocycles. The van der Waals surface area contributed by atoms with Gasteiger partial charge in [-0.1, -0.05) is 6.07 Å². The number of carboxylic acid groups (broad SMARTS) is 2. The van der Waals surface area contributed by atoms with E-state index in [0.717, 1.165) is 56.3 Å². The Labute approximate surface area is 194 Å². The smallest absolute Gasteiger partial charge is 0.290 e. The number of nitrogens with zero attached hydrogens (tertiary/aromatic N) is 3. The van der Waals surface area contributed by atoms with Crippen molar-refractivity contribution in [1.29, 1.82) is 0 Å². The van der Waals surface area contributed by atoms with Crippen LogP contribution in [0.4, 0.5) is 5.69 Å². The second kappa shape index (κ2) is 15.6. The van der Waals surface area contributed by atoms with Gasteiger partial charge in [0.05, 0.1) is 32.2 Å². The normalized spacial score (nSPS) is 14.2. The van der Waals surface area contributed by atoms with E-state index < -0.39 is 0 Å². The molecular formula is C23H34N4O6. The van der Waals surface area contributed by atoms with Crippen LogP contribution in [0.2, 0.25) is 0 Å². The molecule has 1 aliphatic heterocycles. The van der Waals surface area contributed by atoms with Gasteiger partial charge in [-0.2, -0.15) is 0 Å². The fourth-order valence-corrected chi connectivity index (χ4v) is 3.68. The lowest BCUT2D eigenvalue weighted by Gasteiger charge is -2.34. The van der Waals surface area contributed by atoms with Crippen molar-refractivity contribution in [2.75, 3.05) is 52.7 Å². The maximum atomic E-state index is 8.36. The molecule has 33 heavy (non-hydrogen) atoms. The Morgan fingerprint density at radius 2 is 1.85 bits per heavy atom. The monoisotopic (exact) mass is 462 g/mol. The van der Waals surface area contributed by atoms with E-state index in [1.54, 1.807) is 19.5 Å². The van der Waals surface area contributed by atoms with Crippen molar-refractivity contribution in [2.24, 2.45) is 0 Å². The number of hydrogen-bond acceptors (Lipinski definition) is 8. The summed E-state index contributed by atoms with van der Waals surface area (Å²) >= 11 is 0. The van der Waals surface area contributed by atoms with Crippen LogP contribution in [0.25, 0.3) is 11.1 Å². The Hall–Kier alpha value is -3.21. The third kappa shape index (κ3) is 9.44. The number of hydrogen-bond donors (Lipinski definition) is 3. The lowest BCUT2D eigenvalue weighted by molar-refractivity contribution is -0.123. The number of ether oxygens (including phenoxy) is 2. The molecule has 1 unspecified atom stereocenters. The molecule has 2 heterocycles. The minimum Gasteiger partial charge on any atom is -0.496 e. The zero-order valence-electron chi connectivity index (χ0n) is 19.4. The van der Waals surface area contributed by atoms with E-state index in [4.69, 9.17) is 35.0 Å². The minimum absolute atomic E-state index is 0.250. The van der Waals surface area contributed by atoms with E-state index in [1.165, 1.54) is 5.56 Å². The van der Waals surface area contributed by atoms with Crippen LogP contribution < -0.4 is 10.5 Å². The molecule has 2 aromatic rings. The van der Waals surface area contributed by atoms with Crippen LogP contribution in [0.1, 0.15) is 12.5 Å². The van der Waals surface area contributed by atoms with Crippen LogP contribution in [0.5, 0.6) is 5.75 Å². The second-order valence-electron chi connectivity index (χ2n) is 7.40. The first-order chi connectivity index (χ1) is 15.9. The number of benzene rings is 1. The van der Waals surface area contributed by atoms with Crippen molar-refractivity contribution in [1.82, 2.24) is 14.8 Å². The molecule has 0 saturated carbocycles. The molecule has 0 aliphatic carbocycles. The highest BCUT2D eigenvalue weighted by molar-refractivity contribution is 5.80. The molecule has 1 aromatic heterocycles. The molecule has 1 atom stereocenters. The number of pyridine rings is 1. The lowest BCUT2D eigenvalue weighted by atomic mass is 10.0. The van der Waals surface area contributed by atoms with Gasteiger partial charge in [0, 0.05) is 49.5 Å². The summed E-state index contributed by atoms with van der Waals surface area (Å²) in [6.07, 6.45) is 3.44. The van der Waals surface area contributed by atoms with Gasteiger partial charge in [-0.25, -0.2) is 0 Å². The fourth-order valence-electron chi connectivity index (χ4n) is 3.68. The van der Waals surface area contributed by atoms with Crippen molar-refractivity contribution >= 4 is 18.6 Å². The Morgan fingerprint density at radius 1 is 1.21 bits per heavy atom. The number of methoxy groups -OCH3 is 1. The first-order valence-corrected chi connectivity index (χ1v) is 10.4. The Bertz CT molecular complexity index is 839. The number of morpholine rings is 1. The molecule has 10 nitrogen and oxygen atoms in total. The van der Waals surface area contributed by atoms with Gasteiger partial charge in [0.15, 0.2) is 0 Å². The van der Waals surface area contributed by atoms with E-state index in [9.17, 15) is 0 Å². The highest BCUT2D eigenvalue weighted by atomic mass is 16.5. The summed E-state index contributed by atoms with van der Waals surface area (Å²) in [7, 11) is 3.85. The quantitative estimate of drug-likeness (QED) is 0.523. The molecule has 0 spiro atoms. The predicted molar refractivity (Wildman–Crippen MR) is 126 cm³/mol. The van der Waals surface area contributed by atoms with Crippen LogP contribution in [-0.4, -0.2) is 91.0 Å². The summed E-state index contributed by atoms with van der Waals surface area (Å²) in [5.41, 5.74) is 9.98. The fraction of sp³-hybridized carbons (Fsp3) is 0.435. The highest BCUT2D eigenvalue weighted by Gasteiger charge is 2.18. The van der Waals surface area contributed by atoms with Crippen LogP contribution in [0.15, 0.2) is 36.7 Å². The zero-order valence-corrected chi connectivity index (χ0v) is 19.4.